The minimum atomic E-state index is -0.306. The molecule has 11 heavy (non-hydrogen) atoms. The molecule has 0 spiro atoms. The fourth-order valence-corrected chi connectivity index (χ4v) is 0.617. The van der Waals surface area contributed by atoms with Crippen LogP contribution in [0.15, 0.2) is 0 Å². The smallest absolute Gasteiger partial charge is 0.162 e. The van der Waals surface area contributed by atoms with Crippen LogP contribution in [0.1, 0.15) is 34.6 Å². The molecular weight excluding hydrogens is 140 g/mol. The van der Waals surface area contributed by atoms with Gasteiger partial charge in [-0.15, -0.1) is 0 Å². The highest BCUT2D eigenvalue weighted by Gasteiger charge is 2.23. The Morgan fingerprint density at radius 2 is 1.27 bits per heavy atom. The van der Waals surface area contributed by atoms with Crippen molar-refractivity contribution in [2.24, 2.45) is 5.92 Å². The molecule has 0 atom stereocenters. The summed E-state index contributed by atoms with van der Waals surface area (Å²) < 4.78 is 10.2. The van der Waals surface area contributed by atoms with E-state index in [9.17, 15) is 0 Å². The Bertz CT molecular complexity index is 87.0. The van der Waals surface area contributed by atoms with Gasteiger partial charge in [0.05, 0.1) is 13.2 Å². The standard InChI is InChI=1S/C5H10O2.C4H10/c1-5(2)6-3-4-7-5;1-4(2)3/h3-4H2,1-2H3;4H,1-3H3. The molecule has 0 aliphatic carbocycles. The van der Waals surface area contributed by atoms with E-state index in [1.165, 1.54) is 0 Å². The molecule has 1 aliphatic rings. The van der Waals surface area contributed by atoms with Crippen LogP contribution in [0, 0.1) is 5.92 Å². The van der Waals surface area contributed by atoms with E-state index in [-0.39, 0.29) is 5.79 Å². The van der Waals surface area contributed by atoms with Crippen molar-refractivity contribution in [1.29, 1.82) is 0 Å². The molecule has 0 radical (unpaired) electrons. The summed E-state index contributed by atoms with van der Waals surface area (Å²) in [5, 5.41) is 0. The highest BCUT2D eigenvalue weighted by Crippen LogP contribution is 2.15. The molecule has 68 valence electrons. The van der Waals surface area contributed by atoms with E-state index in [1.807, 2.05) is 13.8 Å². The lowest BCUT2D eigenvalue weighted by Gasteiger charge is -2.13. The zero-order valence-corrected chi connectivity index (χ0v) is 8.31. The van der Waals surface area contributed by atoms with Crippen molar-refractivity contribution >= 4 is 0 Å². The summed E-state index contributed by atoms with van der Waals surface area (Å²) >= 11 is 0. The van der Waals surface area contributed by atoms with Gasteiger partial charge in [-0.1, -0.05) is 20.8 Å². The van der Waals surface area contributed by atoms with Crippen LogP contribution >= 0.6 is 0 Å². The average molecular weight is 160 g/mol. The highest BCUT2D eigenvalue weighted by molar-refractivity contribution is 4.58. The lowest BCUT2D eigenvalue weighted by atomic mass is 10.3. The maximum Gasteiger partial charge on any atom is 0.162 e. The molecule has 1 heterocycles. The summed E-state index contributed by atoms with van der Waals surface area (Å²) in [6.45, 7) is 11.8. The first-order valence-electron chi connectivity index (χ1n) is 4.22. The molecule has 0 aromatic carbocycles. The van der Waals surface area contributed by atoms with E-state index >= 15 is 0 Å². The first-order valence-corrected chi connectivity index (χ1v) is 4.22. The van der Waals surface area contributed by atoms with Crippen LogP contribution in [-0.2, 0) is 9.47 Å². The Labute approximate surface area is 69.9 Å². The number of rotatable bonds is 0. The summed E-state index contributed by atoms with van der Waals surface area (Å²) in [6.07, 6.45) is 0. The number of hydrogen-bond donors (Lipinski definition) is 0. The van der Waals surface area contributed by atoms with Gasteiger partial charge in [0.2, 0.25) is 0 Å². The zero-order valence-electron chi connectivity index (χ0n) is 8.31. The van der Waals surface area contributed by atoms with Crippen molar-refractivity contribution in [2.45, 2.75) is 40.4 Å². The van der Waals surface area contributed by atoms with Gasteiger partial charge in [-0.05, 0) is 19.8 Å². The molecule has 2 heteroatoms. The molecule has 0 aromatic heterocycles. The molecule has 0 aromatic rings. The monoisotopic (exact) mass is 160 g/mol. The summed E-state index contributed by atoms with van der Waals surface area (Å²) in [4.78, 5) is 0. The number of hydrogen-bond acceptors (Lipinski definition) is 2. The second kappa shape index (κ2) is 4.73. The predicted molar refractivity (Wildman–Crippen MR) is 46.5 cm³/mol. The zero-order chi connectivity index (χ0) is 8.91. The van der Waals surface area contributed by atoms with Crippen molar-refractivity contribution < 1.29 is 9.47 Å². The van der Waals surface area contributed by atoms with Crippen LogP contribution in [0.2, 0.25) is 0 Å². The van der Waals surface area contributed by atoms with Crippen LogP contribution in [0.25, 0.3) is 0 Å². The maximum atomic E-state index is 5.12. The van der Waals surface area contributed by atoms with Gasteiger partial charge in [-0.2, -0.15) is 0 Å². The van der Waals surface area contributed by atoms with Crippen molar-refractivity contribution in [3.63, 3.8) is 0 Å². The first-order chi connectivity index (χ1) is 4.94. The molecule has 0 amide bonds. The van der Waals surface area contributed by atoms with Gasteiger partial charge >= 0.3 is 0 Å². The Morgan fingerprint density at radius 1 is 1.00 bits per heavy atom. The van der Waals surface area contributed by atoms with Crippen molar-refractivity contribution in [3.8, 4) is 0 Å². The molecule has 0 unspecified atom stereocenters. The van der Waals surface area contributed by atoms with E-state index in [0.717, 1.165) is 19.1 Å². The normalized spacial score (nSPS) is 21.3. The van der Waals surface area contributed by atoms with Crippen molar-refractivity contribution in [2.75, 3.05) is 13.2 Å². The molecule has 2 nitrogen and oxygen atoms in total. The molecule has 1 saturated heterocycles. The van der Waals surface area contributed by atoms with Gasteiger partial charge in [-0.25, -0.2) is 0 Å². The fourth-order valence-electron chi connectivity index (χ4n) is 0.617. The summed E-state index contributed by atoms with van der Waals surface area (Å²) in [6, 6.07) is 0. The van der Waals surface area contributed by atoms with Crippen LogP contribution in [-0.4, -0.2) is 19.0 Å². The summed E-state index contributed by atoms with van der Waals surface area (Å²) in [5.74, 6) is 0.528. The van der Waals surface area contributed by atoms with Gasteiger partial charge in [0, 0.05) is 0 Å². The summed E-state index contributed by atoms with van der Waals surface area (Å²) in [5.41, 5.74) is 0. The van der Waals surface area contributed by atoms with E-state index in [2.05, 4.69) is 20.8 Å². The molecular formula is C9H20O2. The SMILES string of the molecule is CC(C)C.CC1(C)OCCO1. The van der Waals surface area contributed by atoms with Gasteiger partial charge in [0.1, 0.15) is 0 Å². The van der Waals surface area contributed by atoms with Crippen LogP contribution < -0.4 is 0 Å². The second-order valence-corrected chi connectivity index (χ2v) is 3.83. The van der Waals surface area contributed by atoms with Crippen LogP contribution in [0.3, 0.4) is 0 Å². The maximum absolute atomic E-state index is 5.12. The lowest BCUT2D eigenvalue weighted by molar-refractivity contribution is -0.125. The van der Waals surface area contributed by atoms with Gasteiger partial charge in [-0.3, -0.25) is 0 Å². The number of ether oxygens (including phenoxy) is 2. The van der Waals surface area contributed by atoms with E-state index in [0.29, 0.717) is 0 Å². The lowest BCUT2D eigenvalue weighted by Crippen LogP contribution is -2.18. The molecule has 1 fully saturated rings. The highest BCUT2D eigenvalue weighted by atomic mass is 16.7. The Hall–Kier alpha value is -0.0800. The molecule has 0 bridgehead atoms. The van der Waals surface area contributed by atoms with Gasteiger partial charge < -0.3 is 9.47 Å². The fraction of sp³-hybridized carbons (Fsp3) is 1.00. The molecule has 1 aliphatic heterocycles. The van der Waals surface area contributed by atoms with E-state index < -0.39 is 0 Å². The largest absolute Gasteiger partial charge is 0.348 e. The van der Waals surface area contributed by atoms with E-state index in [4.69, 9.17) is 9.47 Å². The van der Waals surface area contributed by atoms with Crippen molar-refractivity contribution in [3.05, 3.63) is 0 Å². The van der Waals surface area contributed by atoms with Gasteiger partial charge in [0.25, 0.3) is 0 Å². The topological polar surface area (TPSA) is 18.5 Å². The predicted octanol–water partition coefficient (Wildman–Crippen LogP) is 2.43. The third-order valence-electron chi connectivity index (χ3n) is 0.983. The van der Waals surface area contributed by atoms with Crippen molar-refractivity contribution in [1.82, 2.24) is 0 Å². The second-order valence-electron chi connectivity index (χ2n) is 3.83. The Kier molecular flexibility index (Phi) is 4.69. The Morgan fingerprint density at radius 3 is 1.36 bits per heavy atom. The summed E-state index contributed by atoms with van der Waals surface area (Å²) in [7, 11) is 0. The van der Waals surface area contributed by atoms with Crippen LogP contribution in [0.5, 0.6) is 0 Å². The third-order valence-corrected chi connectivity index (χ3v) is 0.983. The molecule has 1 rings (SSSR count). The minimum Gasteiger partial charge on any atom is -0.348 e. The molecule has 0 N–H and O–H groups in total. The van der Waals surface area contributed by atoms with Crippen LogP contribution in [0.4, 0.5) is 0 Å². The Balaban J connectivity index is 0.000000218. The van der Waals surface area contributed by atoms with Gasteiger partial charge in [0.15, 0.2) is 5.79 Å². The quantitative estimate of drug-likeness (QED) is 0.542. The first kappa shape index (κ1) is 10.9. The third kappa shape index (κ3) is 7.82. The minimum absolute atomic E-state index is 0.306. The van der Waals surface area contributed by atoms with E-state index in [1.54, 1.807) is 0 Å². The average Bonchev–Trinajstić information content (AvgIpc) is 2.11. The molecule has 0 saturated carbocycles.